The SMILES string of the molecule is CCOc1nc(N)nc(Oc2ccc(C)cc2Br)n1. The third-order valence-corrected chi connectivity index (χ3v) is 2.79. The second kappa shape index (κ2) is 5.83. The quantitative estimate of drug-likeness (QED) is 0.930. The van der Waals surface area contributed by atoms with Crippen molar-refractivity contribution in [1.29, 1.82) is 0 Å². The van der Waals surface area contributed by atoms with Crippen LogP contribution in [0.4, 0.5) is 5.95 Å². The van der Waals surface area contributed by atoms with Gasteiger partial charge in [0.15, 0.2) is 0 Å². The molecule has 1 aromatic heterocycles. The lowest BCUT2D eigenvalue weighted by atomic mass is 10.2. The van der Waals surface area contributed by atoms with Crippen LogP contribution in [0.15, 0.2) is 22.7 Å². The van der Waals surface area contributed by atoms with Crippen LogP contribution in [0.25, 0.3) is 0 Å². The third kappa shape index (κ3) is 3.54. The van der Waals surface area contributed by atoms with Crippen LogP contribution in [0.1, 0.15) is 12.5 Å². The Morgan fingerprint density at radius 3 is 2.63 bits per heavy atom. The Hall–Kier alpha value is -1.89. The van der Waals surface area contributed by atoms with E-state index in [9.17, 15) is 0 Å². The number of rotatable bonds is 4. The summed E-state index contributed by atoms with van der Waals surface area (Å²) in [5, 5.41) is 0. The summed E-state index contributed by atoms with van der Waals surface area (Å²) in [6.45, 7) is 4.26. The third-order valence-electron chi connectivity index (χ3n) is 2.17. The zero-order valence-electron chi connectivity index (χ0n) is 10.6. The fourth-order valence-corrected chi connectivity index (χ4v) is 1.95. The minimum Gasteiger partial charge on any atom is -0.464 e. The topological polar surface area (TPSA) is 83.2 Å². The number of halogens is 1. The van der Waals surface area contributed by atoms with Gasteiger partial charge >= 0.3 is 12.0 Å². The van der Waals surface area contributed by atoms with E-state index in [-0.39, 0.29) is 18.0 Å². The fraction of sp³-hybridized carbons (Fsp3) is 0.250. The zero-order chi connectivity index (χ0) is 13.8. The molecule has 0 amide bonds. The fourth-order valence-electron chi connectivity index (χ4n) is 1.38. The van der Waals surface area contributed by atoms with Gasteiger partial charge in [0.25, 0.3) is 0 Å². The summed E-state index contributed by atoms with van der Waals surface area (Å²) in [4.78, 5) is 11.8. The molecule has 2 rings (SSSR count). The number of nitrogens with two attached hydrogens (primary N) is 1. The molecule has 0 fully saturated rings. The first-order valence-electron chi connectivity index (χ1n) is 5.67. The molecule has 0 aliphatic carbocycles. The van der Waals surface area contributed by atoms with Gasteiger partial charge in [0, 0.05) is 0 Å². The first-order chi connectivity index (χ1) is 9.08. The van der Waals surface area contributed by atoms with Crippen molar-refractivity contribution in [2.75, 3.05) is 12.3 Å². The predicted molar refractivity (Wildman–Crippen MR) is 74.4 cm³/mol. The first-order valence-corrected chi connectivity index (χ1v) is 6.46. The number of nitrogen functional groups attached to an aromatic ring is 1. The number of aromatic nitrogens is 3. The average molecular weight is 325 g/mol. The molecule has 0 bridgehead atoms. The summed E-state index contributed by atoms with van der Waals surface area (Å²) in [7, 11) is 0. The van der Waals surface area contributed by atoms with E-state index in [1.54, 1.807) is 0 Å². The second-order valence-electron chi connectivity index (χ2n) is 3.73. The van der Waals surface area contributed by atoms with Gasteiger partial charge in [-0.05, 0) is 47.5 Å². The normalized spacial score (nSPS) is 10.3. The molecule has 0 aliphatic heterocycles. The van der Waals surface area contributed by atoms with E-state index in [0.717, 1.165) is 10.0 Å². The van der Waals surface area contributed by atoms with E-state index >= 15 is 0 Å². The first kappa shape index (κ1) is 13.5. The molecule has 7 heteroatoms. The molecule has 0 saturated heterocycles. The summed E-state index contributed by atoms with van der Waals surface area (Å²) in [6, 6.07) is 5.92. The molecule has 2 aromatic rings. The highest BCUT2D eigenvalue weighted by Crippen LogP contribution is 2.29. The van der Waals surface area contributed by atoms with Crippen LogP contribution in [0.5, 0.6) is 17.8 Å². The minimum absolute atomic E-state index is 0.0525. The van der Waals surface area contributed by atoms with E-state index in [0.29, 0.717) is 12.4 Å². The molecule has 0 saturated carbocycles. The van der Waals surface area contributed by atoms with Crippen molar-refractivity contribution in [3.05, 3.63) is 28.2 Å². The number of aryl methyl sites for hydroxylation is 1. The van der Waals surface area contributed by atoms with Gasteiger partial charge in [0.2, 0.25) is 5.95 Å². The number of hydrogen-bond donors (Lipinski definition) is 1. The Labute approximate surface area is 119 Å². The highest BCUT2D eigenvalue weighted by atomic mass is 79.9. The lowest BCUT2D eigenvalue weighted by molar-refractivity contribution is 0.304. The summed E-state index contributed by atoms with van der Waals surface area (Å²) >= 11 is 3.41. The molecule has 1 aromatic carbocycles. The monoisotopic (exact) mass is 324 g/mol. The van der Waals surface area contributed by atoms with Crippen molar-refractivity contribution in [3.8, 4) is 17.8 Å². The molecule has 19 heavy (non-hydrogen) atoms. The molecule has 0 unspecified atom stereocenters. The average Bonchev–Trinajstić information content (AvgIpc) is 2.32. The standard InChI is InChI=1S/C12H13BrN4O2/c1-3-18-11-15-10(14)16-12(17-11)19-9-5-4-7(2)6-8(9)13/h4-6H,3H2,1-2H3,(H2,14,15,16,17). The van der Waals surface area contributed by atoms with Gasteiger partial charge in [0.1, 0.15) is 5.75 Å². The minimum atomic E-state index is 0.0525. The van der Waals surface area contributed by atoms with Crippen LogP contribution in [0, 0.1) is 6.92 Å². The van der Waals surface area contributed by atoms with Crippen LogP contribution >= 0.6 is 15.9 Å². The van der Waals surface area contributed by atoms with Gasteiger partial charge in [-0.3, -0.25) is 0 Å². The lowest BCUT2D eigenvalue weighted by Crippen LogP contribution is -2.04. The second-order valence-corrected chi connectivity index (χ2v) is 4.58. The van der Waals surface area contributed by atoms with Gasteiger partial charge in [-0.1, -0.05) is 6.07 Å². The van der Waals surface area contributed by atoms with Crippen molar-refractivity contribution < 1.29 is 9.47 Å². The van der Waals surface area contributed by atoms with Gasteiger partial charge < -0.3 is 15.2 Å². The predicted octanol–water partition coefficient (Wildman–Crippen LogP) is 2.72. The van der Waals surface area contributed by atoms with Crippen LogP contribution < -0.4 is 15.2 Å². The maximum atomic E-state index is 5.57. The van der Waals surface area contributed by atoms with E-state index in [1.165, 1.54) is 0 Å². The molecule has 0 spiro atoms. The van der Waals surface area contributed by atoms with Crippen molar-refractivity contribution in [1.82, 2.24) is 15.0 Å². The zero-order valence-corrected chi connectivity index (χ0v) is 12.1. The number of ether oxygens (including phenoxy) is 2. The molecule has 0 aliphatic rings. The Bertz CT molecular complexity index is 592. The van der Waals surface area contributed by atoms with Crippen molar-refractivity contribution in [3.63, 3.8) is 0 Å². The Morgan fingerprint density at radius 2 is 1.95 bits per heavy atom. The van der Waals surface area contributed by atoms with Gasteiger partial charge in [-0.2, -0.15) is 9.97 Å². The van der Waals surface area contributed by atoms with Gasteiger partial charge in [-0.25, -0.2) is 0 Å². The Balaban J connectivity index is 2.27. The smallest absolute Gasteiger partial charge is 0.330 e. The summed E-state index contributed by atoms with van der Waals surface area (Å²) in [6.07, 6.45) is 0. The molecule has 0 radical (unpaired) electrons. The molecule has 6 nitrogen and oxygen atoms in total. The highest BCUT2D eigenvalue weighted by Gasteiger charge is 2.09. The molecule has 1 heterocycles. The van der Waals surface area contributed by atoms with Crippen molar-refractivity contribution >= 4 is 21.9 Å². The summed E-state index contributed by atoms with van der Waals surface area (Å²) in [5.41, 5.74) is 6.69. The van der Waals surface area contributed by atoms with Gasteiger partial charge in [-0.15, -0.1) is 4.98 Å². The molecular weight excluding hydrogens is 312 g/mol. The van der Waals surface area contributed by atoms with E-state index < -0.39 is 0 Å². The maximum absolute atomic E-state index is 5.57. The number of nitrogens with zero attached hydrogens (tertiary/aromatic N) is 3. The maximum Gasteiger partial charge on any atom is 0.330 e. The van der Waals surface area contributed by atoms with Crippen molar-refractivity contribution in [2.24, 2.45) is 0 Å². The Morgan fingerprint density at radius 1 is 1.21 bits per heavy atom. The van der Waals surface area contributed by atoms with Crippen LogP contribution in [-0.2, 0) is 0 Å². The highest BCUT2D eigenvalue weighted by molar-refractivity contribution is 9.10. The van der Waals surface area contributed by atoms with Crippen LogP contribution in [0.2, 0.25) is 0 Å². The van der Waals surface area contributed by atoms with E-state index in [2.05, 4.69) is 30.9 Å². The van der Waals surface area contributed by atoms with E-state index in [1.807, 2.05) is 32.0 Å². The molecule has 100 valence electrons. The van der Waals surface area contributed by atoms with Crippen LogP contribution in [0.3, 0.4) is 0 Å². The Kier molecular flexibility index (Phi) is 4.16. The molecule has 0 atom stereocenters. The summed E-state index contributed by atoms with van der Waals surface area (Å²) in [5.74, 6) is 0.648. The number of benzene rings is 1. The largest absolute Gasteiger partial charge is 0.464 e. The molecule has 2 N–H and O–H groups in total. The van der Waals surface area contributed by atoms with Crippen LogP contribution in [-0.4, -0.2) is 21.6 Å². The lowest BCUT2D eigenvalue weighted by Gasteiger charge is -2.08. The number of hydrogen-bond acceptors (Lipinski definition) is 6. The number of anilines is 1. The molecular formula is C12H13BrN4O2. The van der Waals surface area contributed by atoms with E-state index in [4.69, 9.17) is 15.2 Å². The van der Waals surface area contributed by atoms with Gasteiger partial charge in [0.05, 0.1) is 11.1 Å². The van der Waals surface area contributed by atoms with Crippen molar-refractivity contribution in [2.45, 2.75) is 13.8 Å². The summed E-state index contributed by atoms with van der Waals surface area (Å²) < 4.78 is 11.6.